The van der Waals surface area contributed by atoms with Crippen molar-refractivity contribution in [2.75, 3.05) is 22.8 Å². The molecule has 0 amide bonds. The van der Waals surface area contributed by atoms with Gasteiger partial charge in [-0.15, -0.1) is 0 Å². The summed E-state index contributed by atoms with van der Waals surface area (Å²) in [5, 5.41) is 6.93. The summed E-state index contributed by atoms with van der Waals surface area (Å²) in [5.74, 6) is 0. The van der Waals surface area contributed by atoms with Crippen molar-refractivity contribution >= 4 is 21.4 Å². The molecule has 1 aliphatic rings. The van der Waals surface area contributed by atoms with Gasteiger partial charge in [-0.05, 0) is 57.0 Å². The van der Waals surface area contributed by atoms with Crippen LogP contribution in [0, 0.1) is 0 Å². The summed E-state index contributed by atoms with van der Waals surface area (Å²) in [6.07, 6.45) is 4.77. The third-order valence-corrected chi connectivity index (χ3v) is 4.01. The lowest BCUT2D eigenvalue weighted by atomic mass is 10.1. The number of anilines is 2. The van der Waals surface area contributed by atoms with Crippen molar-refractivity contribution in [3.05, 3.63) is 24.3 Å². The van der Waals surface area contributed by atoms with E-state index in [4.69, 9.17) is 0 Å². The summed E-state index contributed by atoms with van der Waals surface area (Å²) >= 11 is 0. The molecule has 6 heteroatoms. The molecule has 2 unspecified atom stereocenters. The Morgan fingerprint density at radius 2 is 1.95 bits per heavy atom. The van der Waals surface area contributed by atoms with Crippen molar-refractivity contribution in [3.63, 3.8) is 0 Å². The van der Waals surface area contributed by atoms with Crippen LogP contribution in [0.1, 0.15) is 26.2 Å². The first-order valence-electron chi connectivity index (χ1n) is 7.00. The summed E-state index contributed by atoms with van der Waals surface area (Å²) in [5.41, 5.74) is 1.60. The first-order chi connectivity index (χ1) is 9.42. The topological polar surface area (TPSA) is 70.2 Å². The van der Waals surface area contributed by atoms with E-state index in [2.05, 4.69) is 22.3 Å². The first kappa shape index (κ1) is 15.1. The highest BCUT2D eigenvalue weighted by molar-refractivity contribution is 7.92. The van der Waals surface area contributed by atoms with E-state index in [1.165, 1.54) is 12.8 Å². The lowest BCUT2D eigenvalue weighted by molar-refractivity contribution is 0.523. The number of sulfonamides is 1. The molecule has 2 atom stereocenters. The van der Waals surface area contributed by atoms with Gasteiger partial charge in [-0.1, -0.05) is 0 Å². The number of hydrogen-bond acceptors (Lipinski definition) is 4. The summed E-state index contributed by atoms with van der Waals surface area (Å²) in [7, 11) is -3.21. The Balaban J connectivity index is 1.86. The normalized spacial score (nSPS) is 20.6. The lowest BCUT2D eigenvalue weighted by Crippen LogP contribution is -2.29. The van der Waals surface area contributed by atoms with Crippen LogP contribution >= 0.6 is 0 Å². The fraction of sp³-hybridized carbons (Fsp3) is 0.571. The van der Waals surface area contributed by atoms with Crippen LogP contribution in [0.5, 0.6) is 0 Å². The van der Waals surface area contributed by atoms with E-state index in [0.29, 0.717) is 17.8 Å². The van der Waals surface area contributed by atoms with Crippen LogP contribution in [0.4, 0.5) is 11.4 Å². The highest BCUT2D eigenvalue weighted by atomic mass is 32.2. The molecule has 5 nitrogen and oxygen atoms in total. The standard InChI is InChI=1S/C14H23N3O2S/c1-11(10-14-4-3-9-15-14)16-12-5-7-13(8-6-12)17-20(2,18)19/h5-8,11,14-17H,3-4,9-10H2,1-2H3. The molecule has 0 radical (unpaired) electrons. The summed E-state index contributed by atoms with van der Waals surface area (Å²) in [6.45, 7) is 3.30. The molecule has 0 aromatic heterocycles. The number of hydrogen-bond donors (Lipinski definition) is 3. The van der Waals surface area contributed by atoms with Crippen LogP contribution in [-0.4, -0.2) is 33.3 Å². The van der Waals surface area contributed by atoms with E-state index < -0.39 is 10.0 Å². The van der Waals surface area contributed by atoms with E-state index in [9.17, 15) is 8.42 Å². The van der Waals surface area contributed by atoms with Gasteiger partial charge < -0.3 is 10.6 Å². The maximum atomic E-state index is 11.1. The molecule has 1 fully saturated rings. The number of rotatable bonds is 6. The van der Waals surface area contributed by atoms with Crippen molar-refractivity contribution in [1.29, 1.82) is 0 Å². The Morgan fingerprint density at radius 3 is 2.50 bits per heavy atom. The molecule has 1 aromatic rings. The molecule has 1 saturated heterocycles. The molecule has 1 aliphatic heterocycles. The van der Waals surface area contributed by atoms with Crippen molar-refractivity contribution in [3.8, 4) is 0 Å². The van der Waals surface area contributed by atoms with Crippen LogP contribution in [0.25, 0.3) is 0 Å². The number of nitrogens with one attached hydrogen (secondary N) is 3. The van der Waals surface area contributed by atoms with Crippen molar-refractivity contribution in [2.45, 2.75) is 38.3 Å². The second-order valence-corrected chi connectivity index (χ2v) is 7.27. The summed E-state index contributed by atoms with van der Waals surface area (Å²) in [4.78, 5) is 0. The van der Waals surface area contributed by atoms with E-state index in [-0.39, 0.29) is 0 Å². The second kappa shape index (κ2) is 6.45. The maximum absolute atomic E-state index is 11.1. The Kier molecular flexibility index (Phi) is 4.88. The highest BCUT2D eigenvalue weighted by Crippen LogP contribution is 2.18. The van der Waals surface area contributed by atoms with Crippen LogP contribution < -0.4 is 15.4 Å². The molecule has 0 spiro atoms. The van der Waals surface area contributed by atoms with E-state index in [1.54, 1.807) is 12.1 Å². The van der Waals surface area contributed by atoms with Gasteiger partial charge in [0, 0.05) is 23.5 Å². The molecule has 112 valence electrons. The van der Waals surface area contributed by atoms with Gasteiger partial charge in [-0.3, -0.25) is 4.72 Å². The average molecular weight is 297 g/mol. The van der Waals surface area contributed by atoms with Gasteiger partial charge in [0.2, 0.25) is 10.0 Å². The second-order valence-electron chi connectivity index (χ2n) is 5.53. The minimum absolute atomic E-state index is 0.388. The monoisotopic (exact) mass is 297 g/mol. The SMILES string of the molecule is CC(CC1CCCN1)Nc1ccc(NS(C)(=O)=O)cc1. The van der Waals surface area contributed by atoms with Gasteiger partial charge >= 0.3 is 0 Å². The zero-order valence-electron chi connectivity index (χ0n) is 12.0. The van der Waals surface area contributed by atoms with Gasteiger partial charge in [0.1, 0.15) is 0 Å². The fourth-order valence-corrected chi connectivity index (χ4v) is 3.14. The van der Waals surface area contributed by atoms with E-state index in [1.807, 2.05) is 12.1 Å². The van der Waals surface area contributed by atoms with E-state index >= 15 is 0 Å². The Labute approximate surface area is 121 Å². The molecule has 1 aromatic carbocycles. The summed E-state index contributed by atoms with van der Waals surface area (Å²) < 4.78 is 24.7. The van der Waals surface area contributed by atoms with Crippen LogP contribution in [-0.2, 0) is 10.0 Å². The molecule has 0 bridgehead atoms. The highest BCUT2D eigenvalue weighted by Gasteiger charge is 2.16. The minimum atomic E-state index is -3.21. The third kappa shape index (κ3) is 5.02. The van der Waals surface area contributed by atoms with Gasteiger partial charge in [-0.2, -0.15) is 0 Å². The lowest BCUT2D eigenvalue weighted by Gasteiger charge is -2.19. The molecule has 0 saturated carbocycles. The molecular formula is C14H23N3O2S. The Hall–Kier alpha value is -1.27. The quantitative estimate of drug-likeness (QED) is 0.751. The molecule has 3 N–H and O–H groups in total. The molecule has 1 heterocycles. The predicted molar refractivity (Wildman–Crippen MR) is 83.6 cm³/mol. The van der Waals surface area contributed by atoms with Crippen molar-refractivity contribution in [1.82, 2.24) is 5.32 Å². The van der Waals surface area contributed by atoms with Crippen LogP contribution in [0.15, 0.2) is 24.3 Å². The fourth-order valence-electron chi connectivity index (χ4n) is 2.58. The molecule has 20 heavy (non-hydrogen) atoms. The van der Waals surface area contributed by atoms with Gasteiger partial charge in [0.05, 0.1) is 6.26 Å². The smallest absolute Gasteiger partial charge is 0.229 e. The van der Waals surface area contributed by atoms with Crippen molar-refractivity contribution in [2.24, 2.45) is 0 Å². The predicted octanol–water partition coefficient (Wildman–Crippen LogP) is 2.00. The average Bonchev–Trinajstić information content (AvgIpc) is 2.82. The van der Waals surface area contributed by atoms with Crippen molar-refractivity contribution < 1.29 is 8.42 Å². The summed E-state index contributed by atoms with van der Waals surface area (Å²) in [6, 6.07) is 8.33. The maximum Gasteiger partial charge on any atom is 0.229 e. The minimum Gasteiger partial charge on any atom is -0.383 e. The number of benzene rings is 1. The molecular weight excluding hydrogens is 274 g/mol. The zero-order chi connectivity index (χ0) is 14.6. The Bertz CT molecular complexity index is 522. The first-order valence-corrected chi connectivity index (χ1v) is 8.89. The molecule has 2 rings (SSSR count). The third-order valence-electron chi connectivity index (χ3n) is 3.40. The Morgan fingerprint density at radius 1 is 1.30 bits per heavy atom. The largest absolute Gasteiger partial charge is 0.383 e. The van der Waals surface area contributed by atoms with Gasteiger partial charge in [0.25, 0.3) is 0 Å². The zero-order valence-corrected chi connectivity index (χ0v) is 12.8. The van der Waals surface area contributed by atoms with Gasteiger partial charge in [-0.25, -0.2) is 8.42 Å². The van der Waals surface area contributed by atoms with Crippen LogP contribution in [0.2, 0.25) is 0 Å². The molecule has 0 aliphatic carbocycles. The van der Waals surface area contributed by atoms with E-state index in [0.717, 1.165) is 24.9 Å². The van der Waals surface area contributed by atoms with Crippen LogP contribution in [0.3, 0.4) is 0 Å². The van der Waals surface area contributed by atoms with Gasteiger partial charge in [0.15, 0.2) is 0 Å².